The third kappa shape index (κ3) is 4.07. The molecule has 0 saturated carbocycles. The molecule has 0 aromatic heterocycles. The van der Waals surface area contributed by atoms with E-state index in [4.69, 9.17) is 11.6 Å². The minimum absolute atomic E-state index is 0.0539. The van der Waals surface area contributed by atoms with Gasteiger partial charge < -0.3 is 4.90 Å². The van der Waals surface area contributed by atoms with Gasteiger partial charge in [-0.3, -0.25) is 4.79 Å². The minimum atomic E-state index is -3.53. The summed E-state index contributed by atoms with van der Waals surface area (Å²) in [6.45, 7) is 6.48. The molecule has 5 nitrogen and oxygen atoms in total. The molecule has 26 heavy (non-hydrogen) atoms. The molecule has 2 aliphatic rings. The number of benzene rings is 1. The van der Waals surface area contributed by atoms with Crippen molar-refractivity contribution in [3.8, 4) is 0 Å². The van der Waals surface area contributed by atoms with Crippen LogP contribution in [0.3, 0.4) is 0 Å². The molecular weight excluding hydrogens is 372 g/mol. The van der Waals surface area contributed by atoms with Crippen LogP contribution in [0.4, 0.5) is 0 Å². The standard InChI is InChI=1S/C19H27ClN2O3S/c1-14-5-9-21(10-6-14)19(23)16-7-11-22(12-8-16)26(24,25)17-3-4-18(20)15(2)13-17/h3-4,13-14,16H,5-12H2,1-2H3. The van der Waals surface area contributed by atoms with Gasteiger partial charge in [-0.25, -0.2) is 8.42 Å². The Labute approximate surface area is 161 Å². The second-order valence-electron chi connectivity index (χ2n) is 7.60. The molecule has 1 aromatic rings. The highest BCUT2D eigenvalue weighted by atomic mass is 35.5. The van der Waals surface area contributed by atoms with Crippen molar-refractivity contribution in [2.75, 3.05) is 26.2 Å². The topological polar surface area (TPSA) is 57.7 Å². The summed E-state index contributed by atoms with van der Waals surface area (Å²) in [4.78, 5) is 15.0. The largest absolute Gasteiger partial charge is 0.342 e. The lowest BCUT2D eigenvalue weighted by Gasteiger charge is -2.36. The summed E-state index contributed by atoms with van der Waals surface area (Å²) in [7, 11) is -3.53. The third-order valence-electron chi connectivity index (χ3n) is 5.67. The molecule has 1 aromatic carbocycles. The average molecular weight is 399 g/mol. The van der Waals surface area contributed by atoms with Crippen LogP contribution in [-0.2, 0) is 14.8 Å². The number of nitrogens with zero attached hydrogens (tertiary/aromatic N) is 2. The number of sulfonamides is 1. The highest BCUT2D eigenvalue weighted by Gasteiger charge is 2.34. The number of aryl methyl sites for hydroxylation is 1. The van der Waals surface area contributed by atoms with Crippen molar-refractivity contribution in [2.45, 2.75) is 44.4 Å². The zero-order valence-corrected chi connectivity index (χ0v) is 17.0. The van der Waals surface area contributed by atoms with E-state index in [1.165, 1.54) is 4.31 Å². The lowest BCUT2D eigenvalue weighted by molar-refractivity contribution is -0.138. The van der Waals surface area contributed by atoms with Crippen molar-refractivity contribution in [3.63, 3.8) is 0 Å². The van der Waals surface area contributed by atoms with Crippen molar-refractivity contribution in [1.82, 2.24) is 9.21 Å². The summed E-state index contributed by atoms with van der Waals surface area (Å²) in [5.74, 6) is 0.840. The van der Waals surface area contributed by atoms with Crippen molar-refractivity contribution < 1.29 is 13.2 Å². The number of carbonyl (C=O) groups excluding carboxylic acids is 1. The first kappa shape index (κ1) is 19.6. The van der Waals surface area contributed by atoms with Gasteiger partial charge in [-0.1, -0.05) is 18.5 Å². The fraction of sp³-hybridized carbons (Fsp3) is 0.632. The van der Waals surface area contributed by atoms with E-state index in [1.807, 2.05) is 4.90 Å². The molecule has 1 amide bonds. The van der Waals surface area contributed by atoms with Crippen LogP contribution in [0.2, 0.25) is 5.02 Å². The molecule has 0 atom stereocenters. The first-order valence-corrected chi connectivity index (χ1v) is 11.2. The monoisotopic (exact) mass is 398 g/mol. The van der Waals surface area contributed by atoms with Crippen LogP contribution >= 0.6 is 11.6 Å². The smallest absolute Gasteiger partial charge is 0.243 e. The van der Waals surface area contributed by atoms with Crippen LogP contribution < -0.4 is 0 Å². The Kier molecular flexibility index (Phi) is 5.94. The van der Waals surface area contributed by atoms with Gasteiger partial charge in [-0.05, 0) is 62.3 Å². The summed E-state index contributed by atoms with van der Waals surface area (Å²) >= 11 is 6.00. The van der Waals surface area contributed by atoms with E-state index in [-0.39, 0.29) is 16.7 Å². The highest BCUT2D eigenvalue weighted by Crippen LogP contribution is 2.28. The van der Waals surface area contributed by atoms with Crippen LogP contribution in [0.5, 0.6) is 0 Å². The number of halogens is 1. The van der Waals surface area contributed by atoms with Gasteiger partial charge >= 0.3 is 0 Å². The molecular formula is C19H27ClN2O3S. The Balaban J connectivity index is 1.62. The van der Waals surface area contributed by atoms with Gasteiger partial charge in [0, 0.05) is 37.1 Å². The fourth-order valence-corrected chi connectivity index (χ4v) is 5.43. The fourth-order valence-electron chi connectivity index (χ4n) is 3.76. The van der Waals surface area contributed by atoms with Crippen LogP contribution in [0.15, 0.2) is 23.1 Å². The van der Waals surface area contributed by atoms with Gasteiger partial charge in [-0.15, -0.1) is 0 Å². The molecule has 2 heterocycles. The van der Waals surface area contributed by atoms with E-state index in [0.29, 0.717) is 36.9 Å². The summed E-state index contributed by atoms with van der Waals surface area (Å²) in [6, 6.07) is 4.79. The normalized spacial score (nSPS) is 21.1. The highest BCUT2D eigenvalue weighted by molar-refractivity contribution is 7.89. The van der Waals surface area contributed by atoms with E-state index in [2.05, 4.69) is 6.92 Å². The Morgan fingerprint density at radius 3 is 2.27 bits per heavy atom. The Hall–Kier alpha value is -1.11. The first-order chi connectivity index (χ1) is 12.3. The number of hydrogen-bond acceptors (Lipinski definition) is 3. The Bertz CT molecular complexity index is 765. The quantitative estimate of drug-likeness (QED) is 0.784. The van der Waals surface area contributed by atoms with Gasteiger partial charge in [0.25, 0.3) is 0 Å². The second kappa shape index (κ2) is 7.87. The zero-order valence-electron chi connectivity index (χ0n) is 15.4. The average Bonchev–Trinajstić information content (AvgIpc) is 2.64. The molecule has 0 unspecified atom stereocenters. The lowest BCUT2D eigenvalue weighted by atomic mass is 9.93. The number of rotatable bonds is 3. The minimum Gasteiger partial charge on any atom is -0.342 e. The summed E-state index contributed by atoms with van der Waals surface area (Å²) in [5.41, 5.74) is 0.747. The maximum Gasteiger partial charge on any atom is 0.243 e. The molecule has 0 bridgehead atoms. The molecule has 0 N–H and O–H groups in total. The van der Waals surface area contributed by atoms with Crippen LogP contribution in [0.1, 0.15) is 38.2 Å². The number of hydrogen-bond donors (Lipinski definition) is 0. The van der Waals surface area contributed by atoms with Gasteiger partial charge in [0.1, 0.15) is 0 Å². The molecule has 3 rings (SSSR count). The number of piperidine rings is 2. The molecule has 2 saturated heterocycles. The Morgan fingerprint density at radius 1 is 1.08 bits per heavy atom. The molecule has 2 fully saturated rings. The Morgan fingerprint density at radius 2 is 1.69 bits per heavy atom. The van der Waals surface area contributed by atoms with Crippen LogP contribution in [0, 0.1) is 18.8 Å². The van der Waals surface area contributed by atoms with Gasteiger partial charge in [0.2, 0.25) is 15.9 Å². The van der Waals surface area contributed by atoms with Crippen molar-refractivity contribution in [1.29, 1.82) is 0 Å². The number of carbonyl (C=O) groups is 1. The van der Waals surface area contributed by atoms with E-state index >= 15 is 0 Å². The van der Waals surface area contributed by atoms with Gasteiger partial charge in [0.05, 0.1) is 4.90 Å². The summed E-state index contributed by atoms with van der Waals surface area (Å²) in [6.07, 6.45) is 3.32. The summed E-state index contributed by atoms with van der Waals surface area (Å²) < 4.78 is 27.2. The van der Waals surface area contributed by atoms with E-state index in [1.54, 1.807) is 25.1 Å². The van der Waals surface area contributed by atoms with Crippen molar-refractivity contribution in [2.24, 2.45) is 11.8 Å². The SMILES string of the molecule is Cc1cc(S(=O)(=O)N2CCC(C(=O)N3CCC(C)CC3)CC2)ccc1Cl. The van der Waals surface area contributed by atoms with Crippen molar-refractivity contribution >= 4 is 27.5 Å². The maximum atomic E-state index is 12.9. The van der Waals surface area contributed by atoms with Crippen LogP contribution in [0.25, 0.3) is 0 Å². The molecule has 0 aliphatic carbocycles. The number of likely N-dealkylation sites (tertiary alicyclic amines) is 1. The van der Waals surface area contributed by atoms with E-state index in [0.717, 1.165) is 31.5 Å². The van der Waals surface area contributed by atoms with E-state index < -0.39 is 10.0 Å². The van der Waals surface area contributed by atoms with Gasteiger partial charge in [0.15, 0.2) is 0 Å². The molecule has 7 heteroatoms. The molecule has 0 radical (unpaired) electrons. The predicted molar refractivity (Wildman–Crippen MR) is 103 cm³/mol. The van der Waals surface area contributed by atoms with Crippen molar-refractivity contribution in [3.05, 3.63) is 28.8 Å². The van der Waals surface area contributed by atoms with Gasteiger partial charge in [-0.2, -0.15) is 4.31 Å². The molecule has 2 aliphatic heterocycles. The summed E-state index contributed by atoms with van der Waals surface area (Å²) in [5, 5.41) is 0.559. The molecule has 144 valence electrons. The predicted octanol–water partition coefficient (Wildman–Crippen LogP) is 3.31. The van der Waals surface area contributed by atoms with Crippen LogP contribution in [-0.4, -0.2) is 49.7 Å². The molecule has 0 spiro atoms. The second-order valence-corrected chi connectivity index (χ2v) is 9.94. The van der Waals surface area contributed by atoms with E-state index in [9.17, 15) is 13.2 Å². The lowest BCUT2D eigenvalue weighted by Crippen LogP contribution is -2.46. The third-order valence-corrected chi connectivity index (χ3v) is 7.98. The zero-order chi connectivity index (χ0) is 18.9. The maximum absolute atomic E-state index is 12.9. The first-order valence-electron chi connectivity index (χ1n) is 9.34. The number of amides is 1.